The van der Waals surface area contributed by atoms with Crippen LogP contribution in [0.3, 0.4) is 0 Å². The van der Waals surface area contributed by atoms with Crippen molar-refractivity contribution in [3.63, 3.8) is 0 Å². The Hall–Kier alpha value is -8.65. The molecule has 12 atom stereocenters. The van der Waals surface area contributed by atoms with Crippen LogP contribution in [0.2, 0.25) is 0 Å². The summed E-state index contributed by atoms with van der Waals surface area (Å²) in [5.41, 5.74) is 12.6. The van der Waals surface area contributed by atoms with Crippen LogP contribution in [0.25, 0.3) is 0 Å². The van der Waals surface area contributed by atoms with E-state index in [1.54, 1.807) is 88.4 Å². The molecular formula is C53H78N12O19. The van der Waals surface area contributed by atoms with Crippen LogP contribution >= 0.6 is 0 Å². The number of nitrogens with two attached hydrogens (primary N) is 2. The molecule has 84 heavy (non-hydrogen) atoms. The first-order chi connectivity index (χ1) is 39.4. The average Bonchev–Trinajstić information content (AvgIpc) is 3.62. The maximum absolute atomic E-state index is 14.1. The molecule has 464 valence electrons. The van der Waals surface area contributed by atoms with E-state index in [1.807, 2.05) is 10.6 Å². The number of amides is 11. The normalized spacial score (nSPS) is 15.4. The van der Waals surface area contributed by atoms with E-state index in [2.05, 4.69) is 42.5 Å². The fourth-order valence-electron chi connectivity index (χ4n) is 7.87. The molecular weight excluding hydrogens is 1110 g/mol. The van der Waals surface area contributed by atoms with E-state index in [4.69, 9.17) is 16.6 Å². The average molecular weight is 1190 g/mol. The SMILES string of the molecule is CC(C)C[C@H](NC(=O)[C@H](CO)NC(=O)[C@H](CC(N)=O)NC(=O)[C@@H](NC(=O)[C@@H](N)Cc1ccccc1)[C@@H](C)O)C(=O)N[C@H](C(=O)N[C@@H](Cc1ccccc1)C(=O)NCC(=O)N[C@H](C(=O)N[C@@H](CO)C(=O)N[C@@H](CC(=O)O)C(=O)O)[C@@H](C)O)C(C)C. The van der Waals surface area contributed by atoms with E-state index in [0.29, 0.717) is 11.1 Å². The van der Waals surface area contributed by atoms with Crippen LogP contribution in [0.15, 0.2) is 60.7 Å². The molecule has 0 aliphatic heterocycles. The summed E-state index contributed by atoms with van der Waals surface area (Å²) < 4.78 is 0. The topological polar surface area (TPSA) is 516 Å². The Bertz CT molecular complexity index is 2610. The monoisotopic (exact) mass is 1190 g/mol. The number of aliphatic carboxylic acids is 2. The van der Waals surface area contributed by atoms with E-state index >= 15 is 0 Å². The number of aliphatic hydroxyl groups is 4. The lowest BCUT2D eigenvalue weighted by Crippen LogP contribution is -2.62. The minimum absolute atomic E-state index is 0.0588. The molecule has 0 aliphatic rings. The zero-order valence-electron chi connectivity index (χ0n) is 47.2. The van der Waals surface area contributed by atoms with Crippen molar-refractivity contribution < 1.29 is 93.0 Å². The van der Waals surface area contributed by atoms with Crippen LogP contribution < -0.4 is 64.6 Å². The van der Waals surface area contributed by atoms with Crippen LogP contribution in [-0.2, 0) is 75.2 Å². The Labute approximate surface area is 482 Å². The highest BCUT2D eigenvalue weighted by atomic mass is 16.4. The van der Waals surface area contributed by atoms with Crippen molar-refractivity contribution in [3.05, 3.63) is 71.8 Å². The second-order valence-corrected chi connectivity index (χ2v) is 20.4. The summed E-state index contributed by atoms with van der Waals surface area (Å²) in [5, 5.41) is 81.7. The molecule has 31 heteroatoms. The van der Waals surface area contributed by atoms with Gasteiger partial charge < -0.3 is 95.3 Å². The van der Waals surface area contributed by atoms with Crippen LogP contribution in [-0.4, -0.2) is 200 Å². The first-order valence-corrected chi connectivity index (χ1v) is 26.5. The smallest absolute Gasteiger partial charge is 0.326 e. The third-order valence-corrected chi connectivity index (χ3v) is 12.4. The number of carboxylic acids is 2. The van der Waals surface area contributed by atoms with Gasteiger partial charge in [-0.15, -0.1) is 0 Å². The van der Waals surface area contributed by atoms with E-state index in [0.717, 1.165) is 13.8 Å². The van der Waals surface area contributed by atoms with Gasteiger partial charge in [0.2, 0.25) is 65.0 Å². The first-order valence-electron chi connectivity index (χ1n) is 26.5. The first kappa shape index (κ1) is 71.5. The van der Waals surface area contributed by atoms with Crippen molar-refractivity contribution in [2.24, 2.45) is 23.3 Å². The summed E-state index contributed by atoms with van der Waals surface area (Å²) in [6, 6.07) is 0.215. The van der Waals surface area contributed by atoms with Gasteiger partial charge in [-0.05, 0) is 49.7 Å². The molecule has 2 aromatic carbocycles. The molecule has 0 saturated carbocycles. The number of carbonyl (C=O) groups is 13. The highest BCUT2D eigenvalue weighted by molar-refractivity contribution is 5.99. The molecule has 2 rings (SSSR count). The van der Waals surface area contributed by atoms with Crippen molar-refractivity contribution in [2.75, 3.05) is 19.8 Å². The Morgan fingerprint density at radius 2 is 0.857 bits per heavy atom. The molecule has 20 N–H and O–H groups in total. The molecule has 0 unspecified atom stereocenters. The number of benzene rings is 2. The van der Waals surface area contributed by atoms with Gasteiger partial charge >= 0.3 is 11.9 Å². The van der Waals surface area contributed by atoms with Gasteiger partial charge in [0, 0.05) is 6.42 Å². The number of carbonyl (C=O) groups excluding carboxylic acids is 11. The molecule has 31 nitrogen and oxygen atoms in total. The Morgan fingerprint density at radius 3 is 1.31 bits per heavy atom. The van der Waals surface area contributed by atoms with Crippen molar-refractivity contribution in [2.45, 2.75) is 146 Å². The number of aliphatic hydroxyl groups excluding tert-OH is 4. The van der Waals surface area contributed by atoms with Gasteiger partial charge in [-0.2, -0.15) is 0 Å². The van der Waals surface area contributed by atoms with E-state index in [9.17, 15) is 87.9 Å². The number of carboxylic acid groups (broad SMARTS) is 2. The van der Waals surface area contributed by atoms with Crippen LogP contribution in [0.1, 0.15) is 71.9 Å². The van der Waals surface area contributed by atoms with Crippen molar-refractivity contribution >= 4 is 76.9 Å². The fourth-order valence-corrected chi connectivity index (χ4v) is 7.87. The molecule has 0 heterocycles. The predicted molar refractivity (Wildman–Crippen MR) is 294 cm³/mol. The van der Waals surface area contributed by atoms with Crippen molar-refractivity contribution in [3.8, 4) is 0 Å². The lowest BCUT2D eigenvalue weighted by molar-refractivity contribution is -0.147. The molecule has 0 fully saturated rings. The van der Waals surface area contributed by atoms with Gasteiger partial charge in [-0.1, -0.05) is 88.4 Å². The number of primary amides is 1. The van der Waals surface area contributed by atoms with E-state index in [-0.39, 0.29) is 25.2 Å². The Kier molecular flexibility index (Phi) is 30.1. The Morgan fingerprint density at radius 1 is 0.452 bits per heavy atom. The number of nitrogens with one attached hydrogen (secondary N) is 10. The largest absolute Gasteiger partial charge is 0.481 e. The third-order valence-electron chi connectivity index (χ3n) is 12.4. The predicted octanol–water partition coefficient (Wildman–Crippen LogP) is -6.84. The quantitative estimate of drug-likeness (QED) is 0.0301. The zero-order valence-corrected chi connectivity index (χ0v) is 47.2. The zero-order chi connectivity index (χ0) is 63.5. The lowest BCUT2D eigenvalue weighted by atomic mass is 9.98. The maximum Gasteiger partial charge on any atom is 0.326 e. The molecule has 0 radical (unpaired) electrons. The van der Waals surface area contributed by atoms with Crippen LogP contribution in [0.5, 0.6) is 0 Å². The van der Waals surface area contributed by atoms with Gasteiger partial charge in [-0.25, -0.2) is 4.79 Å². The number of hydrogen-bond donors (Lipinski definition) is 18. The minimum Gasteiger partial charge on any atom is -0.481 e. The summed E-state index contributed by atoms with van der Waals surface area (Å²) in [4.78, 5) is 169. The van der Waals surface area contributed by atoms with Gasteiger partial charge in [0.25, 0.3) is 0 Å². The van der Waals surface area contributed by atoms with Gasteiger partial charge in [0.15, 0.2) is 0 Å². The third kappa shape index (κ3) is 24.8. The summed E-state index contributed by atoms with van der Waals surface area (Å²) in [5.74, 6) is -16.3. The fraction of sp³-hybridized carbons (Fsp3) is 0.528. The highest BCUT2D eigenvalue weighted by Crippen LogP contribution is 2.12. The van der Waals surface area contributed by atoms with Crippen molar-refractivity contribution in [1.82, 2.24) is 53.2 Å². The van der Waals surface area contributed by atoms with E-state index in [1.165, 1.54) is 0 Å². The second-order valence-electron chi connectivity index (χ2n) is 20.4. The van der Waals surface area contributed by atoms with Crippen LogP contribution in [0, 0.1) is 11.8 Å². The van der Waals surface area contributed by atoms with Gasteiger partial charge in [0.05, 0.1) is 50.8 Å². The van der Waals surface area contributed by atoms with Crippen molar-refractivity contribution in [1.29, 1.82) is 0 Å². The van der Waals surface area contributed by atoms with Gasteiger partial charge in [0.1, 0.15) is 54.4 Å². The number of hydrogen-bond acceptors (Lipinski definition) is 18. The molecule has 0 aromatic heterocycles. The molecule has 11 amide bonds. The summed E-state index contributed by atoms with van der Waals surface area (Å²) in [7, 11) is 0. The molecule has 0 saturated heterocycles. The highest BCUT2D eigenvalue weighted by Gasteiger charge is 2.37. The lowest BCUT2D eigenvalue weighted by Gasteiger charge is -2.29. The summed E-state index contributed by atoms with van der Waals surface area (Å²) in [6.07, 6.45) is -5.39. The maximum atomic E-state index is 14.1. The number of rotatable bonds is 36. The minimum atomic E-state index is -1.95. The summed E-state index contributed by atoms with van der Waals surface area (Å²) >= 11 is 0. The summed E-state index contributed by atoms with van der Waals surface area (Å²) in [6.45, 7) is 5.57. The second kappa shape index (κ2) is 35.4. The van der Waals surface area contributed by atoms with Gasteiger partial charge in [-0.3, -0.25) is 57.5 Å². The standard InChI is InChI=1S/C53H78N12O19/c1-25(2)17-32(57-48(78)36(23-66)61-46(76)34(20-38(55)70)59-52(82)43(28(6)69)65-44(74)31(54)18-29-13-9-7-10-14-29)47(77)64-41(26(3)4)50(80)58-33(19-30-15-11-8-12-16-30)45(75)56-22-39(71)63-42(27(5)68)51(81)62-37(24-67)49(79)60-35(53(83)84)21-40(72)73/h7-16,25-28,31-37,41-43,66-69H,17-24,54H2,1-6H3,(H2,55,70)(H,56,75)(H,57,78)(H,58,80)(H,59,82)(H,60,79)(H,61,76)(H,62,81)(H,63,71)(H,64,77)(H,65,74)(H,72,73)(H,83,84)/t27-,28-,31+,32+,33+,34+,35+,36+,37+,41+,42+,43+/m1/s1. The van der Waals surface area contributed by atoms with E-state index < -0.39 is 188 Å². The molecule has 0 bridgehead atoms. The molecule has 0 aliphatic carbocycles. The Balaban J connectivity index is 2.26. The molecule has 0 spiro atoms. The molecule has 2 aromatic rings. The van der Waals surface area contributed by atoms with Crippen LogP contribution in [0.4, 0.5) is 0 Å².